The maximum absolute atomic E-state index is 11.6. The van der Waals surface area contributed by atoms with Crippen molar-refractivity contribution in [2.45, 2.75) is 38.2 Å². The minimum absolute atomic E-state index is 0.00932. The van der Waals surface area contributed by atoms with E-state index in [2.05, 4.69) is 5.32 Å². The van der Waals surface area contributed by atoms with Gasteiger partial charge in [-0.05, 0) is 31.9 Å². The molecule has 1 aromatic carbocycles. The molecule has 1 aromatic rings. The third kappa shape index (κ3) is 4.30. The molecule has 0 aromatic heterocycles. The molecule has 0 aliphatic carbocycles. The SMILES string of the molecule is CC(NCC(C)(C)S(C)(=O)=O)c1cccc(CO)c1. The summed E-state index contributed by atoms with van der Waals surface area (Å²) in [6.07, 6.45) is 1.26. The molecule has 2 N–H and O–H groups in total. The number of hydrogen-bond acceptors (Lipinski definition) is 4. The quantitative estimate of drug-likeness (QED) is 0.834. The second-order valence-corrected chi connectivity index (χ2v) is 8.19. The maximum atomic E-state index is 11.6. The van der Waals surface area contributed by atoms with Crippen molar-refractivity contribution in [2.75, 3.05) is 12.8 Å². The lowest BCUT2D eigenvalue weighted by Crippen LogP contribution is -2.42. The predicted molar refractivity (Wildman–Crippen MR) is 77.7 cm³/mol. The lowest BCUT2D eigenvalue weighted by atomic mass is 10.0. The summed E-state index contributed by atoms with van der Waals surface area (Å²) in [5.74, 6) is 0. The second-order valence-electron chi connectivity index (χ2n) is 5.54. The Balaban J connectivity index is 2.73. The summed E-state index contributed by atoms with van der Waals surface area (Å²) in [6, 6.07) is 7.67. The van der Waals surface area contributed by atoms with Gasteiger partial charge in [-0.1, -0.05) is 24.3 Å². The van der Waals surface area contributed by atoms with E-state index in [1.165, 1.54) is 6.26 Å². The zero-order valence-corrected chi connectivity index (χ0v) is 12.8. The molecule has 1 rings (SSSR count). The summed E-state index contributed by atoms with van der Waals surface area (Å²) in [6.45, 7) is 5.80. The van der Waals surface area contributed by atoms with Crippen molar-refractivity contribution >= 4 is 9.84 Å². The molecule has 4 nitrogen and oxygen atoms in total. The van der Waals surface area contributed by atoms with Crippen LogP contribution in [0.2, 0.25) is 0 Å². The number of aliphatic hydroxyl groups is 1. The van der Waals surface area contributed by atoms with Crippen LogP contribution in [-0.2, 0) is 16.4 Å². The molecule has 108 valence electrons. The van der Waals surface area contributed by atoms with Crippen molar-refractivity contribution < 1.29 is 13.5 Å². The van der Waals surface area contributed by atoms with E-state index in [9.17, 15) is 8.42 Å². The van der Waals surface area contributed by atoms with E-state index in [0.717, 1.165) is 11.1 Å². The number of hydrogen-bond donors (Lipinski definition) is 2. The van der Waals surface area contributed by atoms with E-state index in [4.69, 9.17) is 5.11 Å². The fourth-order valence-corrected chi connectivity index (χ4v) is 1.95. The standard InChI is InChI=1S/C14H23NO3S/c1-11(13-7-5-6-12(8-13)9-16)15-10-14(2,3)19(4,17)18/h5-8,11,15-16H,9-10H2,1-4H3. The van der Waals surface area contributed by atoms with Gasteiger partial charge < -0.3 is 10.4 Å². The monoisotopic (exact) mass is 285 g/mol. The van der Waals surface area contributed by atoms with Crippen molar-refractivity contribution in [3.63, 3.8) is 0 Å². The summed E-state index contributed by atoms with van der Waals surface area (Å²) in [7, 11) is -3.10. The Bertz CT molecular complexity index is 523. The number of aliphatic hydroxyl groups excluding tert-OH is 1. The van der Waals surface area contributed by atoms with Crippen molar-refractivity contribution in [1.82, 2.24) is 5.32 Å². The summed E-state index contributed by atoms with van der Waals surface area (Å²) in [5.41, 5.74) is 1.89. The Morgan fingerprint density at radius 1 is 1.37 bits per heavy atom. The molecule has 0 bridgehead atoms. The highest BCUT2D eigenvalue weighted by atomic mass is 32.2. The molecule has 0 aliphatic rings. The Hall–Kier alpha value is -0.910. The number of benzene rings is 1. The van der Waals surface area contributed by atoms with Gasteiger partial charge in [-0.15, -0.1) is 0 Å². The molecule has 0 aliphatic heterocycles. The average molecular weight is 285 g/mol. The molecule has 0 spiro atoms. The highest BCUT2D eigenvalue weighted by Gasteiger charge is 2.30. The van der Waals surface area contributed by atoms with E-state index >= 15 is 0 Å². The van der Waals surface area contributed by atoms with Crippen LogP contribution < -0.4 is 5.32 Å². The van der Waals surface area contributed by atoms with Crippen molar-refractivity contribution in [1.29, 1.82) is 0 Å². The van der Waals surface area contributed by atoms with E-state index in [1.807, 2.05) is 31.2 Å². The topological polar surface area (TPSA) is 66.4 Å². The predicted octanol–water partition coefficient (Wildman–Crippen LogP) is 1.65. The minimum atomic E-state index is -3.10. The molecular weight excluding hydrogens is 262 g/mol. The smallest absolute Gasteiger partial charge is 0.153 e. The van der Waals surface area contributed by atoms with Crippen LogP contribution in [0.15, 0.2) is 24.3 Å². The van der Waals surface area contributed by atoms with Gasteiger partial charge in [0.2, 0.25) is 0 Å². The Labute approximate surface area is 115 Å². The highest BCUT2D eigenvalue weighted by molar-refractivity contribution is 7.92. The van der Waals surface area contributed by atoms with Crippen LogP contribution in [0.3, 0.4) is 0 Å². The van der Waals surface area contributed by atoms with Gasteiger partial charge in [-0.2, -0.15) is 0 Å². The van der Waals surface area contributed by atoms with Crippen LogP contribution in [0, 0.1) is 0 Å². The summed E-state index contributed by atoms with van der Waals surface area (Å²) < 4.78 is 22.5. The first-order valence-electron chi connectivity index (χ1n) is 6.30. The van der Waals surface area contributed by atoms with Crippen LogP contribution in [0.25, 0.3) is 0 Å². The summed E-state index contributed by atoms with van der Waals surface area (Å²) >= 11 is 0. The largest absolute Gasteiger partial charge is 0.392 e. The zero-order valence-electron chi connectivity index (χ0n) is 12.0. The lowest BCUT2D eigenvalue weighted by Gasteiger charge is -2.25. The molecule has 0 heterocycles. The van der Waals surface area contributed by atoms with E-state index in [-0.39, 0.29) is 12.6 Å². The van der Waals surface area contributed by atoms with E-state index < -0.39 is 14.6 Å². The molecule has 5 heteroatoms. The van der Waals surface area contributed by atoms with Crippen molar-refractivity contribution in [2.24, 2.45) is 0 Å². The second kappa shape index (κ2) is 6.03. The fraction of sp³-hybridized carbons (Fsp3) is 0.571. The van der Waals surface area contributed by atoms with Gasteiger partial charge in [-0.3, -0.25) is 0 Å². The first-order chi connectivity index (χ1) is 8.67. The normalized spacial score (nSPS) is 14.4. The summed E-state index contributed by atoms with van der Waals surface area (Å²) in [4.78, 5) is 0. The van der Waals surface area contributed by atoms with Gasteiger partial charge in [0.05, 0.1) is 11.4 Å². The van der Waals surface area contributed by atoms with Gasteiger partial charge in [0.15, 0.2) is 9.84 Å². The van der Waals surface area contributed by atoms with Gasteiger partial charge in [0, 0.05) is 18.8 Å². The summed E-state index contributed by atoms with van der Waals surface area (Å²) in [5, 5.41) is 12.3. The van der Waals surface area contributed by atoms with Gasteiger partial charge in [0.25, 0.3) is 0 Å². The first-order valence-corrected chi connectivity index (χ1v) is 8.19. The number of nitrogens with one attached hydrogen (secondary N) is 1. The van der Waals surface area contributed by atoms with Crippen LogP contribution in [0.1, 0.15) is 37.9 Å². The van der Waals surface area contributed by atoms with Crippen LogP contribution >= 0.6 is 0 Å². The van der Waals surface area contributed by atoms with Gasteiger partial charge in [-0.25, -0.2) is 8.42 Å². The van der Waals surface area contributed by atoms with Crippen molar-refractivity contribution in [3.05, 3.63) is 35.4 Å². The Morgan fingerprint density at radius 2 is 2.00 bits per heavy atom. The van der Waals surface area contributed by atoms with E-state index in [0.29, 0.717) is 6.54 Å². The molecule has 0 amide bonds. The van der Waals surface area contributed by atoms with Gasteiger partial charge in [0.1, 0.15) is 0 Å². The molecule has 0 saturated carbocycles. The minimum Gasteiger partial charge on any atom is -0.392 e. The molecular formula is C14H23NO3S. The Kier molecular flexibility index (Phi) is 5.12. The van der Waals surface area contributed by atoms with Crippen LogP contribution in [0.5, 0.6) is 0 Å². The van der Waals surface area contributed by atoms with Crippen LogP contribution in [0.4, 0.5) is 0 Å². The van der Waals surface area contributed by atoms with Crippen molar-refractivity contribution in [3.8, 4) is 0 Å². The average Bonchev–Trinajstić information content (AvgIpc) is 2.34. The number of rotatable bonds is 6. The number of sulfone groups is 1. The third-order valence-electron chi connectivity index (χ3n) is 3.47. The maximum Gasteiger partial charge on any atom is 0.153 e. The molecule has 1 unspecified atom stereocenters. The first kappa shape index (κ1) is 16.1. The lowest BCUT2D eigenvalue weighted by molar-refractivity contribution is 0.281. The van der Waals surface area contributed by atoms with Crippen LogP contribution in [-0.4, -0.2) is 31.1 Å². The third-order valence-corrected chi connectivity index (χ3v) is 5.62. The molecule has 1 atom stereocenters. The molecule has 0 radical (unpaired) electrons. The fourth-order valence-electron chi connectivity index (χ4n) is 1.61. The molecule has 0 saturated heterocycles. The highest BCUT2D eigenvalue weighted by Crippen LogP contribution is 2.18. The Morgan fingerprint density at radius 3 is 2.53 bits per heavy atom. The zero-order chi connectivity index (χ0) is 14.7. The molecule has 19 heavy (non-hydrogen) atoms. The van der Waals surface area contributed by atoms with Gasteiger partial charge >= 0.3 is 0 Å². The van der Waals surface area contributed by atoms with E-state index in [1.54, 1.807) is 13.8 Å². The molecule has 0 fully saturated rings.